The first-order chi connectivity index (χ1) is 14.4. The molecule has 0 aliphatic rings. The predicted octanol–water partition coefficient (Wildman–Crippen LogP) is 2.31. The Labute approximate surface area is 176 Å². The van der Waals surface area contributed by atoms with E-state index in [-0.39, 0.29) is 23.5 Å². The normalized spacial score (nSPS) is 10.3. The summed E-state index contributed by atoms with van der Waals surface area (Å²) in [6.45, 7) is 2.85. The highest BCUT2D eigenvalue weighted by molar-refractivity contribution is 7.99. The zero-order valence-electron chi connectivity index (χ0n) is 16.2. The second-order valence-corrected chi connectivity index (χ2v) is 7.14. The van der Waals surface area contributed by atoms with Gasteiger partial charge in [-0.2, -0.15) is 4.68 Å². The number of rotatable bonds is 7. The third-order valence-electron chi connectivity index (χ3n) is 3.67. The molecule has 3 aromatic rings. The van der Waals surface area contributed by atoms with E-state index in [0.29, 0.717) is 27.9 Å². The van der Waals surface area contributed by atoms with Crippen molar-refractivity contribution in [3.8, 4) is 5.69 Å². The van der Waals surface area contributed by atoms with Crippen LogP contribution in [0, 0.1) is 0 Å². The lowest BCUT2D eigenvalue weighted by molar-refractivity contribution is -0.115. The number of benzene rings is 2. The summed E-state index contributed by atoms with van der Waals surface area (Å²) in [5, 5.41) is 20.2. The van der Waals surface area contributed by atoms with Gasteiger partial charge < -0.3 is 16.0 Å². The maximum atomic E-state index is 12.3. The number of nitrogens with one attached hydrogen (secondary N) is 3. The maximum Gasteiger partial charge on any atom is 0.234 e. The minimum absolute atomic E-state index is 0.0964. The van der Waals surface area contributed by atoms with Crippen molar-refractivity contribution in [2.24, 2.45) is 0 Å². The molecule has 0 atom stereocenters. The summed E-state index contributed by atoms with van der Waals surface area (Å²) in [4.78, 5) is 34.6. The summed E-state index contributed by atoms with van der Waals surface area (Å²) in [6.07, 6.45) is 0. The highest BCUT2D eigenvalue weighted by atomic mass is 32.2. The molecule has 2 aromatic carbocycles. The van der Waals surface area contributed by atoms with Gasteiger partial charge in [-0.3, -0.25) is 14.4 Å². The van der Waals surface area contributed by atoms with Gasteiger partial charge in [-0.25, -0.2) is 0 Å². The monoisotopic (exact) mass is 425 g/mol. The van der Waals surface area contributed by atoms with E-state index >= 15 is 0 Å². The van der Waals surface area contributed by atoms with Crippen LogP contribution in [0.4, 0.5) is 17.1 Å². The van der Waals surface area contributed by atoms with E-state index in [4.69, 9.17) is 0 Å². The number of amides is 3. The first kappa shape index (κ1) is 21.0. The first-order valence-electron chi connectivity index (χ1n) is 8.87. The molecule has 0 saturated carbocycles. The number of thioether (sulfide) groups is 1. The number of tetrazole rings is 1. The molecule has 0 unspecified atom stereocenters. The molecule has 0 aliphatic carbocycles. The molecular weight excluding hydrogens is 406 g/mol. The molecule has 3 N–H and O–H groups in total. The molecule has 0 saturated heterocycles. The maximum absolute atomic E-state index is 12.3. The van der Waals surface area contributed by atoms with Gasteiger partial charge >= 0.3 is 0 Å². The molecule has 1 aromatic heterocycles. The molecule has 154 valence electrons. The van der Waals surface area contributed by atoms with E-state index in [0.717, 1.165) is 0 Å². The molecule has 3 amide bonds. The van der Waals surface area contributed by atoms with Crippen molar-refractivity contribution in [3.63, 3.8) is 0 Å². The number of anilines is 3. The van der Waals surface area contributed by atoms with E-state index in [2.05, 4.69) is 31.5 Å². The van der Waals surface area contributed by atoms with Crippen molar-refractivity contribution < 1.29 is 14.4 Å². The number of nitrogens with zero attached hydrogens (tertiary/aromatic N) is 4. The highest BCUT2D eigenvalue weighted by Crippen LogP contribution is 2.21. The minimum atomic E-state index is -0.228. The lowest BCUT2D eigenvalue weighted by Crippen LogP contribution is -2.14. The van der Waals surface area contributed by atoms with Crippen LogP contribution in [0.25, 0.3) is 5.69 Å². The first-order valence-corrected chi connectivity index (χ1v) is 9.86. The Morgan fingerprint density at radius 1 is 0.900 bits per heavy atom. The number of hydrogen-bond donors (Lipinski definition) is 3. The summed E-state index contributed by atoms with van der Waals surface area (Å²) >= 11 is 1.18. The highest BCUT2D eigenvalue weighted by Gasteiger charge is 2.12. The smallest absolute Gasteiger partial charge is 0.234 e. The SMILES string of the molecule is CC(=O)Nc1ccc(NC(=O)CSc2nnnn2-c2cccc(NC(C)=O)c2)cc1. The van der Waals surface area contributed by atoms with Gasteiger partial charge in [0.2, 0.25) is 22.9 Å². The van der Waals surface area contributed by atoms with Gasteiger partial charge in [-0.15, -0.1) is 5.10 Å². The van der Waals surface area contributed by atoms with Gasteiger partial charge in [0.05, 0.1) is 11.4 Å². The average molecular weight is 425 g/mol. The number of carbonyl (C=O) groups is 3. The number of carbonyl (C=O) groups excluding carboxylic acids is 3. The van der Waals surface area contributed by atoms with Crippen molar-refractivity contribution in [2.75, 3.05) is 21.7 Å². The fraction of sp³-hybridized carbons (Fsp3) is 0.158. The zero-order chi connectivity index (χ0) is 21.5. The molecule has 1 heterocycles. The van der Waals surface area contributed by atoms with Gasteiger partial charge in [0, 0.05) is 30.9 Å². The van der Waals surface area contributed by atoms with Crippen molar-refractivity contribution in [1.29, 1.82) is 0 Å². The largest absolute Gasteiger partial charge is 0.326 e. The summed E-state index contributed by atoms with van der Waals surface area (Å²) in [7, 11) is 0. The topological polar surface area (TPSA) is 131 Å². The standard InChI is InChI=1S/C19H19N7O3S/c1-12(27)20-14-6-8-15(9-7-14)22-18(29)11-30-19-23-24-25-26(19)17-5-3-4-16(10-17)21-13(2)28/h3-10H,11H2,1-2H3,(H,20,27)(H,21,28)(H,22,29). The molecule has 3 rings (SSSR count). The van der Waals surface area contributed by atoms with Crippen molar-refractivity contribution >= 4 is 46.5 Å². The lowest BCUT2D eigenvalue weighted by atomic mass is 10.3. The van der Waals surface area contributed by atoms with Gasteiger partial charge in [0.15, 0.2) is 0 Å². The van der Waals surface area contributed by atoms with Crippen LogP contribution in [0.1, 0.15) is 13.8 Å². The Kier molecular flexibility index (Phi) is 6.75. The molecule has 0 fully saturated rings. The van der Waals surface area contributed by atoms with Crippen LogP contribution in [0.15, 0.2) is 53.7 Å². The average Bonchev–Trinajstić information content (AvgIpc) is 3.16. The third-order valence-corrected chi connectivity index (χ3v) is 4.59. The third kappa shape index (κ3) is 5.88. The van der Waals surface area contributed by atoms with Crippen molar-refractivity contribution in [3.05, 3.63) is 48.5 Å². The van der Waals surface area contributed by atoms with Gasteiger partial charge in [-0.1, -0.05) is 17.8 Å². The summed E-state index contributed by atoms with van der Waals surface area (Å²) < 4.78 is 1.49. The van der Waals surface area contributed by atoms with Crippen LogP contribution >= 0.6 is 11.8 Å². The van der Waals surface area contributed by atoms with Crippen LogP contribution < -0.4 is 16.0 Å². The van der Waals surface area contributed by atoms with E-state index in [1.54, 1.807) is 48.5 Å². The van der Waals surface area contributed by atoms with Crippen LogP contribution in [-0.2, 0) is 14.4 Å². The minimum Gasteiger partial charge on any atom is -0.326 e. The predicted molar refractivity (Wildman–Crippen MR) is 114 cm³/mol. The van der Waals surface area contributed by atoms with Gasteiger partial charge in [0.25, 0.3) is 0 Å². The summed E-state index contributed by atoms with van der Waals surface area (Å²) in [5.41, 5.74) is 2.53. The van der Waals surface area contributed by atoms with Crippen molar-refractivity contribution in [2.45, 2.75) is 19.0 Å². The number of hydrogen-bond acceptors (Lipinski definition) is 7. The summed E-state index contributed by atoms with van der Waals surface area (Å²) in [5.74, 6) is -0.475. The molecule has 0 radical (unpaired) electrons. The van der Waals surface area contributed by atoms with Crippen LogP contribution in [0.5, 0.6) is 0 Å². The summed E-state index contributed by atoms with van der Waals surface area (Å²) in [6, 6.07) is 13.9. The Balaban J connectivity index is 1.61. The van der Waals surface area contributed by atoms with Crippen LogP contribution in [0.2, 0.25) is 0 Å². The molecular formula is C19H19N7O3S. The fourth-order valence-corrected chi connectivity index (χ4v) is 3.21. The second-order valence-electron chi connectivity index (χ2n) is 6.20. The van der Waals surface area contributed by atoms with E-state index in [1.807, 2.05) is 0 Å². The fourth-order valence-electron chi connectivity index (χ4n) is 2.52. The van der Waals surface area contributed by atoms with E-state index in [1.165, 1.54) is 30.3 Å². The lowest BCUT2D eigenvalue weighted by Gasteiger charge is -2.08. The number of aromatic nitrogens is 4. The molecule has 0 bridgehead atoms. The van der Waals surface area contributed by atoms with Gasteiger partial charge in [0.1, 0.15) is 0 Å². The molecule has 0 aliphatic heterocycles. The Morgan fingerprint density at radius 2 is 1.53 bits per heavy atom. The molecule has 10 nitrogen and oxygen atoms in total. The second kappa shape index (κ2) is 9.65. The van der Waals surface area contributed by atoms with Crippen LogP contribution in [-0.4, -0.2) is 43.7 Å². The van der Waals surface area contributed by atoms with Crippen molar-refractivity contribution in [1.82, 2.24) is 20.2 Å². The van der Waals surface area contributed by atoms with E-state index < -0.39 is 0 Å². The zero-order valence-corrected chi connectivity index (χ0v) is 17.1. The molecule has 11 heteroatoms. The quantitative estimate of drug-likeness (QED) is 0.495. The molecule has 0 spiro atoms. The Hall–Kier alpha value is -3.73. The Bertz CT molecular complexity index is 1070. The molecule has 30 heavy (non-hydrogen) atoms. The van der Waals surface area contributed by atoms with E-state index in [9.17, 15) is 14.4 Å². The van der Waals surface area contributed by atoms with Crippen LogP contribution in [0.3, 0.4) is 0 Å². The Morgan fingerprint density at radius 3 is 2.20 bits per heavy atom. The van der Waals surface area contributed by atoms with Gasteiger partial charge in [-0.05, 0) is 52.9 Å².